The van der Waals surface area contributed by atoms with Crippen molar-refractivity contribution in [2.75, 3.05) is 4.90 Å². The van der Waals surface area contributed by atoms with Crippen molar-refractivity contribution >= 4 is 17.1 Å². The summed E-state index contributed by atoms with van der Waals surface area (Å²) in [5.41, 5.74) is 21.8. The Labute approximate surface area is 205 Å². The minimum atomic E-state index is 1.02. The number of fused-ring (bicyclic) bond motifs is 12. The van der Waals surface area contributed by atoms with E-state index < -0.39 is 0 Å². The second-order valence-electron chi connectivity index (χ2n) is 10.5. The first-order chi connectivity index (χ1) is 17.3. The summed E-state index contributed by atoms with van der Waals surface area (Å²) >= 11 is 0. The molecule has 2 aliphatic carbocycles. The van der Waals surface area contributed by atoms with Gasteiger partial charge in [-0.1, -0.05) is 84.9 Å². The molecule has 9 rings (SSSR count). The van der Waals surface area contributed by atoms with E-state index in [9.17, 15) is 0 Å². The van der Waals surface area contributed by atoms with Crippen LogP contribution in [0.15, 0.2) is 91.0 Å². The molecule has 2 aliphatic heterocycles. The summed E-state index contributed by atoms with van der Waals surface area (Å²) in [5.74, 6) is 0. The highest BCUT2D eigenvalue weighted by atomic mass is 15.2. The minimum Gasteiger partial charge on any atom is -0.309 e. The molecule has 2 heterocycles. The highest BCUT2D eigenvalue weighted by molar-refractivity contribution is 5.96. The summed E-state index contributed by atoms with van der Waals surface area (Å²) in [6.07, 6.45) is 4.13. The molecule has 0 saturated heterocycles. The van der Waals surface area contributed by atoms with Gasteiger partial charge < -0.3 is 4.90 Å². The van der Waals surface area contributed by atoms with Crippen LogP contribution in [0.4, 0.5) is 17.1 Å². The molecule has 0 atom stereocenters. The predicted molar refractivity (Wildman–Crippen MR) is 143 cm³/mol. The maximum atomic E-state index is 2.61. The Morgan fingerprint density at radius 2 is 0.971 bits per heavy atom. The number of para-hydroxylation sites is 2. The van der Waals surface area contributed by atoms with Crippen molar-refractivity contribution in [3.05, 3.63) is 136 Å². The van der Waals surface area contributed by atoms with Crippen molar-refractivity contribution in [2.24, 2.45) is 0 Å². The van der Waals surface area contributed by atoms with Crippen LogP contribution in [0.1, 0.15) is 44.5 Å². The summed E-state index contributed by atoms with van der Waals surface area (Å²) in [7, 11) is 0. The number of hydrogen-bond acceptors (Lipinski definition) is 1. The van der Waals surface area contributed by atoms with Gasteiger partial charge in [-0.3, -0.25) is 0 Å². The van der Waals surface area contributed by atoms with E-state index in [2.05, 4.69) is 95.9 Å². The van der Waals surface area contributed by atoms with Crippen LogP contribution >= 0.6 is 0 Å². The fraction of sp³-hybridized carbons (Fsp3) is 0.118. The van der Waals surface area contributed by atoms with Crippen LogP contribution < -0.4 is 4.90 Å². The van der Waals surface area contributed by atoms with Crippen LogP contribution in [0.3, 0.4) is 0 Å². The lowest BCUT2D eigenvalue weighted by Gasteiger charge is -2.40. The van der Waals surface area contributed by atoms with Gasteiger partial charge in [0.05, 0.1) is 11.4 Å². The smallest absolute Gasteiger partial charge is 0.0538 e. The highest BCUT2D eigenvalue weighted by Crippen LogP contribution is 2.56. The van der Waals surface area contributed by atoms with Gasteiger partial charge in [0.25, 0.3) is 0 Å². The maximum absolute atomic E-state index is 2.61. The molecular formula is C34H23N. The van der Waals surface area contributed by atoms with Gasteiger partial charge in [-0.05, 0) is 79.2 Å². The molecule has 35 heavy (non-hydrogen) atoms. The van der Waals surface area contributed by atoms with Crippen molar-refractivity contribution in [1.82, 2.24) is 0 Å². The molecule has 0 unspecified atom stereocenters. The van der Waals surface area contributed by atoms with Crippen LogP contribution in [0.25, 0.3) is 22.3 Å². The van der Waals surface area contributed by atoms with Crippen molar-refractivity contribution in [3.8, 4) is 22.3 Å². The minimum absolute atomic E-state index is 1.02. The molecule has 0 radical (unpaired) electrons. The van der Waals surface area contributed by atoms with Crippen molar-refractivity contribution < 1.29 is 0 Å². The zero-order valence-corrected chi connectivity index (χ0v) is 19.4. The molecule has 164 valence electrons. The van der Waals surface area contributed by atoms with E-state index in [0.717, 1.165) is 25.7 Å². The molecule has 5 aromatic carbocycles. The van der Waals surface area contributed by atoms with Crippen LogP contribution in [0.5, 0.6) is 0 Å². The maximum Gasteiger partial charge on any atom is 0.0538 e. The normalized spacial score (nSPS) is 14.9. The molecule has 0 N–H and O–H groups in total. The summed E-state index contributed by atoms with van der Waals surface area (Å²) < 4.78 is 0. The average molecular weight is 446 g/mol. The second kappa shape index (κ2) is 6.31. The first-order valence-electron chi connectivity index (χ1n) is 12.7. The Morgan fingerprint density at radius 3 is 1.86 bits per heavy atom. The van der Waals surface area contributed by atoms with E-state index in [-0.39, 0.29) is 0 Å². The third kappa shape index (κ3) is 2.24. The zero-order chi connectivity index (χ0) is 22.7. The summed E-state index contributed by atoms with van der Waals surface area (Å²) in [6.45, 7) is 0. The largest absolute Gasteiger partial charge is 0.309 e. The Bertz CT molecular complexity index is 1740. The summed E-state index contributed by atoms with van der Waals surface area (Å²) in [4.78, 5) is 2.61. The van der Waals surface area contributed by atoms with Crippen LogP contribution in [-0.2, 0) is 25.7 Å². The van der Waals surface area contributed by atoms with Gasteiger partial charge >= 0.3 is 0 Å². The topological polar surface area (TPSA) is 3.24 Å². The molecule has 1 nitrogen and oxygen atoms in total. The van der Waals surface area contributed by atoms with E-state index in [1.807, 2.05) is 0 Å². The second-order valence-corrected chi connectivity index (χ2v) is 10.5. The third-order valence-electron chi connectivity index (χ3n) is 8.76. The summed E-state index contributed by atoms with van der Waals surface area (Å²) in [5, 5.41) is 0. The Balaban J connectivity index is 1.29. The molecule has 0 bridgehead atoms. The van der Waals surface area contributed by atoms with Gasteiger partial charge in [-0.15, -0.1) is 0 Å². The molecule has 1 heteroatoms. The fourth-order valence-corrected chi connectivity index (χ4v) is 7.30. The van der Waals surface area contributed by atoms with Crippen molar-refractivity contribution in [2.45, 2.75) is 25.7 Å². The van der Waals surface area contributed by atoms with Gasteiger partial charge in [0.1, 0.15) is 0 Å². The SMILES string of the molecule is c1ccc2c(c1)Cc1c-2ccc2c1Cc1c-2ccc2c1N1c3ccccc3Cc3cccc(c31)C2. The molecular weight excluding hydrogens is 422 g/mol. The predicted octanol–water partition coefficient (Wildman–Crippen LogP) is 8.11. The van der Waals surface area contributed by atoms with E-state index in [1.54, 1.807) is 11.1 Å². The first-order valence-corrected chi connectivity index (χ1v) is 12.7. The summed E-state index contributed by atoms with van der Waals surface area (Å²) in [6, 6.07) is 34.4. The van der Waals surface area contributed by atoms with E-state index in [0.29, 0.717) is 0 Å². The van der Waals surface area contributed by atoms with E-state index in [1.165, 1.54) is 72.7 Å². The molecule has 0 spiro atoms. The van der Waals surface area contributed by atoms with Gasteiger partial charge in [0.15, 0.2) is 0 Å². The number of anilines is 3. The quantitative estimate of drug-likeness (QED) is 0.228. The molecule has 4 aliphatic rings. The Morgan fingerprint density at radius 1 is 0.371 bits per heavy atom. The standard InChI is InChI=1S/C34H23N/c1-3-10-25-20(6-1)18-29-26(25)14-15-27-28-13-12-24-17-23-9-5-8-22-16-21-7-2-4-11-32(21)35(33(22)23)34(24)31(28)19-30(27)29/h1-15H,16-19H2. The van der Waals surface area contributed by atoms with Crippen LogP contribution in [-0.4, -0.2) is 0 Å². The average Bonchev–Trinajstić information content (AvgIpc) is 3.47. The van der Waals surface area contributed by atoms with Crippen LogP contribution in [0.2, 0.25) is 0 Å². The molecule has 0 fully saturated rings. The van der Waals surface area contributed by atoms with E-state index in [4.69, 9.17) is 0 Å². The van der Waals surface area contributed by atoms with Gasteiger partial charge in [0.2, 0.25) is 0 Å². The number of benzene rings is 5. The van der Waals surface area contributed by atoms with Gasteiger partial charge in [0, 0.05) is 24.9 Å². The lowest BCUT2D eigenvalue weighted by atomic mass is 9.84. The zero-order valence-electron chi connectivity index (χ0n) is 19.4. The highest BCUT2D eigenvalue weighted by Gasteiger charge is 2.36. The lowest BCUT2D eigenvalue weighted by molar-refractivity contribution is 0.999. The molecule has 5 aromatic rings. The number of rotatable bonds is 0. The fourth-order valence-electron chi connectivity index (χ4n) is 7.30. The van der Waals surface area contributed by atoms with E-state index >= 15 is 0 Å². The Kier molecular flexibility index (Phi) is 3.29. The van der Waals surface area contributed by atoms with Gasteiger partial charge in [-0.25, -0.2) is 0 Å². The first kappa shape index (κ1) is 18.3. The van der Waals surface area contributed by atoms with Crippen molar-refractivity contribution in [1.29, 1.82) is 0 Å². The van der Waals surface area contributed by atoms with Crippen molar-refractivity contribution in [3.63, 3.8) is 0 Å². The third-order valence-corrected chi connectivity index (χ3v) is 8.76. The molecule has 0 amide bonds. The monoisotopic (exact) mass is 445 g/mol. The van der Waals surface area contributed by atoms with Gasteiger partial charge in [-0.2, -0.15) is 0 Å². The lowest BCUT2D eigenvalue weighted by Crippen LogP contribution is -2.25. The number of hydrogen-bond donors (Lipinski definition) is 0. The van der Waals surface area contributed by atoms with Crippen LogP contribution in [0, 0.1) is 0 Å². The molecule has 0 aromatic heterocycles. The molecule has 0 saturated carbocycles. The Hall–Kier alpha value is -4.10. The number of nitrogens with zero attached hydrogens (tertiary/aromatic N) is 1.